The van der Waals surface area contributed by atoms with E-state index in [1.54, 1.807) is 0 Å². The van der Waals surface area contributed by atoms with Crippen molar-refractivity contribution in [3.05, 3.63) is 59.7 Å². The van der Waals surface area contributed by atoms with Crippen LogP contribution in [0.1, 0.15) is 50.2 Å². The smallest absolute Gasteiger partial charge is 0.333 e. The summed E-state index contributed by atoms with van der Waals surface area (Å²) in [5.41, 5.74) is 3.46. The van der Waals surface area contributed by atoms with Crippen LogP contribution in [0.5, 0.6) is 0 Å². The van der Waals surface area contributed by atoms with E-state index in [4.69, 9.17) is 18.8 Å². The standard InChI is InChI=1S/C28H35N5O6S/c1-4-32(5-2)15-9-12-22-17-33(26-16-24(38-20(3)34)25(39-26)18-37-40(29,35)36)28-27(22)23(30-19-31-28)14-13-21-10-7-6-8-11-21/h6-8,10-11,17,19,24-26H,4-5,13-16,18H2,1-3H3,(H2,29,35,36). The van der Waals surface area contributed by atoms with Crippen LogP contribution in [0.3, 0.4) is 0 Å². The molecule has 3 heterocycles. The number of esters is 1. The van der Waals surface area contributed by atoms with Crippen LogP contribution in [0, 0.1) is 11.8 Å². The summed E-state index contributed by atoms with van der Waals surface area (Å²) in [5.74, 6) is 6.08. The molecule has 0 aliphatic carbocycles. The summed E-state index contributed by atoms with van der Waals surface area (Å²) in [6, 6.07) is 10.2. The Bertz CT molecular complexity index is 1480. The van der Waals surface area contributed by atoms with Gasteiger partial charge in [-0.25, -0.2) is 15.1 Å². The Kier molecular flexibility index (Phi) is 9.89. The number of nitrogens with two attached hydrogens (primary N) is 1. The highest BCUT2D eigenvalue weighted by molar-refractivity contribution is 7.84. The molecule has 4 rings (SSSR count). The number of rotatable bonds is 11. The largest absolute Gasteiger partial charge is 0.460 e. The highest BCUT2D eigenvalue weighted by Crippen LogP contribution is 2.35. The molecule has 1 aromatic carbocycles. The van der Waals surface area contributed by atoms with Crippen LogP contribution < -0.4 is 5.14 Å². The fourth-order valence-corrected chi connectivity index (χ4v) is 5.10. The third-order valence-electron chi connectivity index (χ3n) is 6.81. The lowest BCUT2D eigenvalue weighted by Crippen LogP contribution is -2.32. The van der Waals surface area contributed by atoms with Gasteiger partial charge in [-0.05, 0) is 31.5 Å². The first-order valence-electron chi connectivity index (χ1n) is 13.3. The first-order chi connectivity index (χ1) is 19.2. The molecule has 0 bridgehead atoms. The zero-order valence-electron chi connectivity index (χ0n) is 22.9. The zero-order chi connectivity index (χ0) is 28.7. The number of nitrogens with zero attached hydrogens (tertiary/aromatic N) is 4. The average molecular weight is 570 g/mol. The number of aromatic nitrogens is 3. The van der Waals surface area contributed by atoms with E-state index in [1.165, 1.54) is 18.8 Å². The molecule has 0 saturated carbocycles. The van der Waals surface area contributed by atoms with Gasteiger partial charge < -0.3 is 14.0 Å². The van der Waals surface area contributed by atoms with E-state index in [-0.39, 0.29) is 13.0 Å². The van der Waals surface area contributed by atoms with Crippen LogP contribution in [0.4, 0.5) is 0 Å². The van der Waals surface area contributed by atoms with E-state index in [0.717, 1.165) is 36.2 Å². The Hall–Kier alpha value is -3.34. The minimum atomic E-state index is -4.20. The Morgan fingerprint density at radius 3 is 2.62 bits per heavy atom. The van der Waals surface area contributed by atoms with E-state index >= 15 is 0 Å². The second-order valence-electron chi connectivity index (χ2n) is 9.51. The Morgan fingerprint density at radius 1 is 1.20 bits per heavy atom. The number of fused-ring (bicyclic) bond motifs is 1. The molecule has 0 amide bonds. The molecule has 1 saturated heterocycles. The summed E-state index contributed by atoms with van der Waals surface area (Å²) in [5, 5.41) is 5.84. The predicted molar refractivity (Wildman–Crippen MR) is 149 cm³/mol. The molecule has 214 valence electrons. The van der Waals surface area contributed by atoms with Crippen LogP contribution >= 0.6 is 0 Å². The van der Waals surface area contributed by atoms with Crippen molar-refractivity contribution < 1.29 is 26.9 Å². The number of carbonyl (C=O) groups is 1. The SMILES string of the molecule is CCN(CC)CC#Cc1cn(C2CC(OC(C)=O)C(COS(N)(=O)=O)O2)c2ncnc(CCc3ccccc3)c12. The zero-order valence-corrected chi connectivity index (χ0v) is 23.8. The molecule has 1 aliphatic rings. The van der Waals surface area contributed by atoms with Gasteiger partial charge in [0.05, 0.1) is 29.8 Å². The van der Waals surface area contributed by atoms with Crippen molar-refractivity contribution in [1.29, 1.82) is 0 Å². The maximum Gasteiger partial charge on any atom is 0.333 e. The number of aryl methyl sites for hydroxylation is 2. The number of benzene rings is 1. The van der Waals surface area contributed by atoms with E-state index in [1.807, 2.05) is 29.0 Å². The van der Waals surface area contributed by atoms with Gasteiger partial charge in [0.2, 0.25) is 0 Å². The third-order valence-corrected chi connectivity index (χ3v) is 7.27. The van der Waals surface area contributed by atoms with Crippen LogP contribution in [0.25, 0.3) is 11.0 Å². The molecular weight excluding hydrogens is 534 g/mol. The van der Waals surface area contributed by atoms with Gasteiger partial charge in [-0.15, -0.1) is 0 Å². The van der Waals surface area contributed by atoms with E-state index in [9.17, 15) is 13.2 Å². The highest BCUT2D eigenvalue weighted by atomic mass is 32.2. The van der Waals surface area contributed by atoms with E-state index in [0.29, 0.717) is 18.6 Å². The molecule has 3 unspecified atom stereocenters. The van der Waals surface area contributed by atoms with E-state index in [2.05, 4.69) is 52.7 Å². The number of hydrogen-bond acceptors (Lipinski definition) is 9. The first kappa shape index (κ1) is 29.6. The molecular formula is C28H35N5O6S. The Balaban J connectivity index is 1.70. The summed E-state index contributed by atoms with van der Waals surface area (Å²) in [6.07, 6.45) is 2.94. The van der Waals surface area contributed by atoms with Gasteiger partial charge in [0, 0.05) is 19.5 Å². The lowest BCUT2D eigenvalue weighted by Gasteiger charge is -2.17. The van der Waals surface area contributed by atoms with Gasteiger partial charge in [0.15, 0.2) is 0 Å². The summed E-state index contributed by atoms with van der Waals surface area (Å²) in [7, 11) is -4.20. The third kappa shape index (κ3) is 7.65. The topological polar surface area (TPSA) is 139 Å². The van der Waals surface area contributed by atoms with Crippen molar-refractivity contribution in [2.45, 2.75) is 58.5 Å². The van der Waals surface area contributed by atoms with Crippen LogP contribution in [0.2, 0.25) is 0 Å². The minimum Gasteiger partial charge on any atom is -0.460 e. The summed E-state index contributed by atoms with van der Waals surface area (Å²) < 4.78 is 41.0. The normalized spacial score (nSPS) is 19.1. The fraction of sp³-hybridized carbons (Fsp3) is 0.464. The summed E-state index contributed by atoms with van der Waals surface area (Å²) in [6.45, 7) is 7.50. The molecule has 40 heavy (non-hydrogen) atoms. The molecule has 0 radical (unpaired) electrons. The number of ether oxygens (including phenoxy) is 2. The second-order valence-corrected chi connectivity index (χ2v) is 10.7. The van der Waals surface area contributed by atoms with Crippen molar-refractivity contribution in [3.63, 3.8) is 0 Å². The van der Waals surface area contributed by atoms with Gasteiger partial charge in [-0.2, -0.15) is 8.42 Å². The van der Waals surface area contributed by atoms with Crippen molar-refractivity contribution in [1.82, 2.24) is 19.4 Å². The highest BCUT2D eigenvalue weighted by Gasteiger charge is 2.40. The van der Waals surface area contributed by atoms with Gasteiger partial charge >= 0.3 is 16.3 Å². The average Bonchev–Trinajstić information content (AvgIpc) is 3.50. The van der Waals surface area contributed by atoms with Gasteiger partial charge in [0.1, 0.15) is 30.4 Å². The summed E-state index contributed by atoms with van der Waals surface area (Å²) in [4.78, 5) is 23.2. The molecule has 1 aliphatic heterocycles. The van der Waals surface area contributed by atoms with Crippen LogP contribution in [0.15, 0.2) is 42.9 Å². The van der Waals surface area contributed by atoms with Crippen molar-refractivity contribution in [2.75, 3.05) is 26.2 Å². The van der Waals surface area contributed by atoms with Crippen molar-refractivity contribution >= 4 is 27.3 Å². The van der Waals surface area contributed by atoms with Gasteiger partial charge in [-0.1, -0.05) is 56.0 Å². The Labute approximate surface area is 234 Å². The van der Waals surface area contributed by atoms with Crippen molar-refractivity contribution in [2.24, 2.45) is 5.14 Å². The minimum absolute atomic E-state index is 0.262. The van der Waals surface area contributed by atoms with Crippen molar-refractivity contribution in [3.8, 4) is 11.8 Å². The Morgan fingerprint density at radius 2 is 1.95 bits per heavy atom. The van der Waals surface area contributed by atoms with Crippen LogP contribution in [-0.2, 0) is 41.6 Å². The maximum atomic E-state index is 11.8. The van der Waals surface area contributed by atoms with E-state index < -0.39 is 34.7 Å². The molecule has 2 N–H and O–H groups in total. The molecule has 3 atom stereocenters. The predicted octanol–water partition coefficient (Wildman–Crippen LogP) is 2.35. The summed E-state index contributed by atoms with van der Waals surface area (Å²) >= 11 is 0. The first-order valence-corrected chi connectivity index (χ1v) is 14.7. The fourth-order valence-electron chi connectivity index (χ4n) is 4.77. The molecule has 0 spiro atoms. The molecule has 2 aromatic heterocycles. The molecule has 3 aromatic rings. The quantitative estimate of drug-likeness (QED) is 0.272. The number of hydrogen-bond donors (Lipinski definition) is 1. The maximum absolute atomic E-state index is 11.8. The second kappa shape index (κ2) is 13.3. The molecule has 11 nitrogen and oxygen atoms in total. The monoisotopic (exact) mass is 569 g/mol. The van der Waals surface area contributed by atoms with Crippen LogP contribution in [-0.4, -0.2) is 72.3 Å². The van der Waals surface area contributed by atoms with Gasteiger partial charge in [0.25, 0.3) is 0 Å². The lowest BCUT2D eigenvalue weighted by molar-refractivity contribution is -0.150. The molecule has 12 heteroatoms. The molecule has 1 fully saturated rings. The van der Waals surface area contributed by atoms with Gasteiger partial charge in [-0.3, -0.25) is 13.9 Å². The lowest BCUT2D eigenvalue weighted by atomic mass is 10.1. The number of carbonyl (C=O) groups excluding carboxylic acids is 1.